The number of benzene rings is 2. The zero-order valence-electron chi connectivity index (χ0n) is 19.7. The van der Waals surface area contributed by atoms with Gasteiger partial charge in [-0.25, -0.2) is 9.18 Å². The van der Waals surface area contributed by atoms with Gasteiger partial charge in [-0.05, 0) is 48.4 Å². The Bertz CT molecular complexity index is 983. The number of nitrogens with one attached hydrogen (secondary N) is 3. The van der Waals surface area contributed by atoms with Gasteiger partial charge in [0.15, 0.2) is 0 Å². The molecule has 0 saturated carbocycles. The van der Waals surface area contributed by atoms with Crippen LogP contribution in [0, 0.1) is 17.7 Å². The summed E-state index contributed by atoms with van der Waals surface area (Å²) < 4.78 is 13.3. The normalized spacial score (nSPS) is 16.6. The Balaban J connectivity index is 1.51. The number of carbonyl (C=O) groups excluding carboxylic acids is 3. The highest BCUT2D eigenvalue weighted by Gasteiger charge is 2.31. The second-order valence-corrected chi connectivity index (χ2v) is 9.09. The molecule has 2 aromatic rings. The molecule has 0 spiro atoms. The molecule has 0 aromatic heterocycles. The number of rotatable bonds is 8. The fourth-order valence-corrected chi connectivity index (χ4v) is 4.13. The van der Waals surface area contributed by atoms with E-state index in [-0.39, 0.29) is 30.1 Å². The molecule has 0 bridgehead atoms. The Hall–Kier alpha value is -3.42. The number of anilines is 1. The molecule has 182 valence electrons. The molecule has 1 aliphatic rings. The topological polar surface area (TPSA) is 90.5 Å². The molecule has 0 radical (unpaired) electrons. The third-order valence-electron chi connectivity index (χ3n) is 5.92. The van der Waals surface area contributed by atoms with Crippen LogP contribution in [0.2, 0.25) is 0 Å². The molecule has 1 fully saturated rings. The van der Waals surface area contributed by atoms with Gasteiger partial charge in [0.25, 0.3) is 0 Å². The first-order chi connectivity index (χ1) is 16.3. The van der Waals surface area contributed by atoms with E-state index in [2.05, 4.69) is 16.0 Å². The third kappa shape index (κ3) is 7.57. The van der Waals surface area contributed by atoms with Crippen molar-refractivity contribution in [3.05, 3.63) is 66.0 Å². The third-order valence-corrected chi connectivity index (χ3v) is 5.92. The van der Waals surface area contributed by atoms with Crippen molar-refractivity contribution in [2.45, 2.75) is 39.2 Å². The number of hydrogen-bond acceptors (Lipinski definition) is 3. The lowest BCUT2D eigenvalue weighted by Gasteiger charge is -2.36. The summed E-state index contributed by atoms with van der Waals surface area (Å²) in [6.07, 6.45) is 1.94. The highest BCUT2D eigenvalue weighted by molar-refractivity contribution is 5.89. The molecule has 3 rings (SSSR count). The van der Waals surface area contributed by atoms with E-state index in [4.69, 9.17) is 0 Å². The zero-order valence-corrected chi connectivity index (χ0v) is 19.7. The summed E-state index contributed by atoms with van der Waals surface area (Å²) in [4.78, 5) is 39.8. The predicted octanol–water partition coefficient (Wildman–Crippen LogP) is 3.57. The Labute approximate surface area is 200 Å². The van der Waals surface area contributed by atoms with Crippen molar-refractivity contribution < 1.29 is 18.8 Å². The van der Waals surface area contributed by atoms with E-state index in [0.717, 1.165) is 18.4 Å². The largest absolute Gasteiger partial charge is 0.344 e. The minimum Gasteiger partial charge on any atom is -0.344 e. The molecule has 2 unspecified atom stereocenters. The molecule has 1 saturated heterocycles. The van der Waals surface area contributed by atoms with Crippen LogP contribution in [0.5, 0.6) is 0 Å². The maximum Gasteiger partial charge on any atom is 0.319 e. The van der Waals surface area contributed by atoms with Crippen molar-refractivity contribution in [2.24, 2.45) is 11.8 Å². The van der Waals surface area contributed by atoms with E-state index in [9.17, 15) is 18.8 Å². The van der Waals surface area contributed by atoms with Gasteiger partial charge in [-0.15, -0.1) is 0 Å². The van der Waals surface area contributed by atoms with E-state index in [1.807, 2.05) is 44.2 Å². The molecular weight excluding hydrogens is 435 g/mol. The van der Waals surface area contributed by atoms with Crippen LogP contribution in [0.4, 0.5) is 14.9 Å². The number of likely N-dealkylation sites (tertiary alicyclic amines) is 1. The summed E-state index contributed by atoms with van der Waals surface area (Å²) >= 11 is 0. The second kappa shape index (κ2) is 12.2. The number of halogens is 1. The quantitative estimate of drug-likeness (QED) is 0.553. The fraction of sp³-hybridized carbons (Fsp3) is 0.423. The number of nitrogens with zero attached hydrogens (tertiary/aromatic N) is 1. The molecule has 2 atom stereocenters. The first-order valence-electron chi connectivity index (χ1n) is 11.7. The monoisotopic (exact) mass is 468 g/mol. The zero-order chi connectivity index (χ0) is 24.5. The van der Waals surface area contributed by atoms with Crippen molar-refractivity contribution in [2.75, 3.05) is 25.0 Å². The average molecular weight is 469 g/mol. The summed E-state index contributed by atoms with van der Waals surface area (Å²) in [5, 5.41) is 8.34. The molecular formula is C26H33FN4O3. The SMILES string of the molecule is CC(C)C(NC(=O)Cc1ccccc1)C(=O)N1CCCC(CNC(=O)Nc2cccc(F)c2)C1. The van der Waals surface area contributed by atoms with Crippen LogP contribution in [0.1, 0.15) is 32.3 Å². The van der Waals surface area contributed by atoms with Crippen molar-refractivity contribution in [3.8, 4) is 0 Å². The van der Waals surface area contributed by atoms with Gasteiger partial charge in [-0.3, -0.25) is 9.59 Å². The van der Waals surface area contributed by atoms with Gasteiger partial charge in [0.2, 0.25) is 11.8 Å². The summed E-state index contributed by atoms with van der Waals surface area (Å²) in [7, 11) is 0. The van der Waals surface area contributed by atoms with Crippen LogP contribution in [0.25, 0.3) is 0 Å². The van der Waals surface area contributed by atoms with E-state index >= 15 is 0 Å². The lowest BCUT2D eigenvalue weighted by atomic mass is 9.95. The summed E-state index contributed by atoms with van der Waals surface area (Å²) in [6.45, 7) is 5.38. The molecule has 3 N–H and O–H groups in total. The second-order valence-electron chi connectivity index (χ2n) is 9.09. The molecule has 1 aliphatic heterocycles. The van der Waals surface area contributed by atoms with Gasteiger partial charge in [0.05, 0.1) is 6.42 Å². The maximum atomic E-state index is 13.3. The van der Waals surface area contributed by atoms with E-state index in [1.54, 1.807) is 11.0 Å². The van der Waals surface area contributed by atoms with Crippen LogP contribution in [0.15, 0.2) is 54.6 Å². The van der Waals surface area contributed by atoms with Gasteiger partial charge in [0, 0.05) is 25.3 Å². The maximum absolute atomic E-state index is 13.3. The lowest BCUT2D eigenvalue weighted by Crippen LogP contribution is -2.54. The van der Waals surface area contributed by atoms with E-state index < -0.39 is 17.9 Å². The first kappa shape index (κ1) is 25.2. The Morgan fingerprint density at radius 1 is 1.09 bits per heavy atom. The Kier molecular flexibility index (Phi) is 9.01. The predicted molar refractivity (Wildman–Crippen MR) is 130 cm³/mol. The number of hydrogen-bond donors (Lipinski definition) is 3. The number of piperidine rings is 1. The highest BCUT2D eigenvalue weighted by atomic mass is 19.1. The Morgan fingerprint density at radius 2 is 1.85 bits per heavy atom. The smallest absolute Gasteiger partial charge is 0.319 e. The van der Waals surface area contributed by atoms with Crippen LogP contribution >= 0.6 is 0 Å². The molecule has 4 amide bonds. The van der Waals surface area contributed by atoms with Crippen LogP contribution < -0.4 is 16.0 Å². The summed E-state index contributed by atoms with van der Waals surface area (Å²) in [5.41, 5.74) is 1.28. The van der Waals surface area contributed by atoms with Gasteiger partial charge in [-0.2, -0.15) is 0 Å². The number of urea groups is 1. The lowest BCUT2D eigenvalue weighted by molar-refractivity contribution is -0.139. The van der Waals surface area contributed by atoms with E-state index in [1.165, 1.54) is 18.2 Å². The van der Waals surface area contributed by atoms with Crippen molar-refractivity contribution in [1.29, 1.82) is 0 Å². The minimum atomic E-state index is -0.598. The standard InChI is InChI=1S/C26H33FN4O3/c1-18(2)24(30-23(32)14-19-8-4-3-5-9-19)25(33)31-13-7-10-20(17-31)16-28-26(34)29-22-12-6-11-21(27)15-22/h3-6,8-9,11-12,15,18,20,24H,7,10,13-14,16-17H2,1-2H3,(H,30,32)(H2,28,29,34). The van der Waals surface area contributed by atoms with Gasteiger partial charge < -0.3 is 20.9 Å². The first-order valence-corrected chi connectivity index (χ1v) is 11.7. The Morgan fingerprint density at radius 3 is 2.56 bits per heavy atom. The molecule has 8 heteroatoms. The van der Waals surface area contributed by atoms with Crippen molar-refractivity contribution >= 4 is 23.5 Å². The van der Waals surface area contributed by atoms with Crippen molar-refractivity contribution in [1.82, 2.24) is 15.5 Å². The minimum absolute atomic E-state index is 0.0530. The number of amides is 4. The van der Waals surface area contributed by atoms with Crippen LogP contribution in [-0.4, -0.2) is 48.4 Å². The summed E-state index contributed by atoms with van der Waals surface area (Å²) in [5.74, 6) is -0.644. The van der Waals surface area contributed by atoms with Gasteiger partial charge >= 0.3 is 6.03 Å². The molecule has 2 aromatic carbocycles. The van der Waals surface area contributed by atoms with Gasteiger partial charge in [0.1, 0.15) is 11.9 Å². The van der Waals surface area contributed by atoms with E-state index in [0.29, 0.717) is 25.3 Å². The number of carbonyl (C=O) groups is 3. The summed E-state index contributed by atoms with van der Waals surface area (Å²) in [6, 6.07) is 14.1. The van der Waals surface area contributed by atoms with Crippen LogP contribution in [0.3, 0.4) is 0 Å². The fourth-order valence-electron chi connectivity index (χ4n) is 4.13. The van der Waals surface area contributed by atoms with Crippen LogP contribution in [-0.2, 0) is 16.0 Å². The van der Waals surface area contributed by atoms with Crippen molar-refractivity contribution in [3.63, 3.8) is 0 Å². The highest BCUT2D eigenvalue weighted by Crippen LogP contribution is 2.19. The van der Waals surface area contributed by atoms with Gasteiger partial charge in [-0.1, -0.05) is 50.2 Å². The molecule has 34 heavy (non-hydrogen) atoms. The molecule has 7 nitrogen and oxygen atoms in total. The average Bonchev–Trinajstić information content (AvgIpc) is 2.81. The molecule has 0 aliphatic carbocycles. The molecule has 1 heterocycles.